The number of amides is 4. The molecule has 70 heavy (non-hydrogen) atoms. The number of ether oxygens (including phenoxy) is 3. The number of likely N-dealkylation sites (tertiary alicyclic amines) is 2. The van der Waals surface area contributed by atoms with Crippen LogP contribution in [0.4, 0.5) is 14.0 Å². The van der Waals surface area contributed by atoms with Crippen molar-refractivity contribution in [2.45, 2.75) is 115 Å². The fraction of sp³-hybridized carbons (Fsp3) is 0.471. The molecule has 0 bridgehead atoms. The average molecular weight is 975 g/mol. The number of benzene rings is 2. The zero-order chi connectivity index (χ0) is 49.0. The van der Waals surface area contributed by atoms with Crippen molar-refractivity contribution >= 4 is 46.2 Å². The van der Waals surface area contributed by atoms with Crippen molar-refractivity contribution in [3.05, 3.63) is 82.3 Å². The number of hydrogen-bond donors (Lipinski definition) is 4. The second-order valence-electron chi connectivity index (χ2n) is 19.5. The second kappa shape index (κ2) is 19.2. The van der Waals surface area contributed by atoms with Crippen LogP contribution >= 0.6 is 11.3 Å². The average Bonchev–Trinajstić information content (AvgIpc) is 4.20. The molecule has 7 heterocycles. The minimum absolute atomic E-state index is 0.154. The summed E-state index contributed by atoms with van der Waals surface area (Å²) < 4.78 is 35.6. The molecule has 2 aromatic carbocycles. The van der Waals surface area contributed by atoms with Gasteiger partial charge in [-0.1, -0.05) is 46.6 Å². The van der Waals surface area contributed by atoms with E-state index in [0.717, 1.165) is 64.1 Å². The van der Waals surface area contributed by atoms with Gasteiger partial charge in [0, 0.05) is 41.7 Å². The number of halogens is 1. The molecule has 10 rings (SSSR count). The van der Waals surface area contributed by atoms with Crippen molar-refractivity contribution in [2.75, 3.05) is 27.3 Å². The van der Waals surface area contributed by atoms with Gasteiger partial charge in [-0.2, -0.15) is 0 Å². The van der Waals surface area contributed by atoms with Crippen LogP contribution in [0, 0.1) is 17.7 Å². The number of fused-ring (bicyclic) bond motifs is 5. The fourth-order valence-electron chi connectivity index (χ4n) is 10.8. The Morgan fingerprint density at radius 2 is 1.33 bits per heavy atom. The second-order valence-corrected chi connectivity index (χ2v) is 20.6. The van der Waals surface area contributed by atoms with E-state index in [9.17, 15) is 19.2 Å². The maximum absolute atomic E-state index is 17.0. The predicted octanol–water partition coefficient (Wildman–Crippen LogP) is 9.37. The zero-order valence-electron chi connectivity index (χ0n) is 40.2. The van der Waals surface area contributed by atoms with Gasteiger partial charge in [-0.15, -0.1) is 11.3 Å². The molecule has 6 aromatic rings. The molecular formula is C51H59FN10O7S. The third-order valence-electron chi connectivity index (χ3n) is 14.4. The van der Waals surface area contributed by atoms with Crippen LogP contribution in [-0.4, -0.2) is 103 Å². The Bertz CT molecular complexity index is 2950. The van der Waals surface area contributed by atoms with Gasteiger partial charge in [0.25, 0.3) is 0 Å². The molecule has 368 valence electrons. The lowest BCUT2D eigenvalue weighted by atomic mass is 10.0. The molecule has 5 atom stereocenters. The first kappa shape index (κ1) is 46.9. The van der Waals surface area contributed by atoms with Crippen molar-refractivity contribution in [1.29, 1.82) is 0 Å². The van der Waals surface area contributed by atoms with E-state index in [1.807, 2.05) is 58.2 Å². The van der Waals surface area contributed by atoms with Crippen LogP contribution in [0.5, 0.6) is 5.75 Å². The Hall–Kier alpha value is -6.76. The first-order chi connectivity index (χ1) is 33.8. The number of H-pyrrole nitrogens is 2. The van der Waals surface area contributed by atoms with Gasteiger partial charge >= 0.3 is 12.2 Å². The number of carbonyl (C=O) groups is 4. The van der Waals surface area contributed by atoms with Crippen LogP contribution in [0.15, 0.2) is 55.0 Å². The van der Waals surface area contributed by atoms with Gasteiger partial charge in [-0.3, -0.25) is 14.2 Å². The highest BCUT2D eigenvalue weighted by Gasteiger charge is 2.40. The largest absolute Gasteiger partial charge is 0.464 e. The van der Waals surface area contributed by atoms with E-state index >= 15 is 4.39 Å². The van der Waals surface area contributed by atoms with Gasteiger partial charge in [0.05, 0.1) is 76.7 Å². The molecule has 4 N–H and O–H groups in total. The zero-order valence-corrected chi connectivity index (χ0v) is 41.0. The minimum atomic E-state index is -0.773. The molecule has 4 aromatic heterocycles. The molecule has 3 fully saturated rings. The van der Waals surface area contributed by atoms with Crippen LogP contribution in [0.25, 0.3) is 44.7 Å². The molecule has 19 heteroatoms. The number of aromatic nitrogens is 6. The Morgan fingerprint density at radius 1 is 0.743 bits per heavy atom. The highest BCUT2D eigenvalue weighted by Crippen LogP contribution is 2.49. The normalized spacial score (nSPS) is 19.9. The third-order valence-corrected chi connectivity index (χ3v) is 15.6. The lowest BCUT2D eigenvalue weighted by Crippen LogP contribution is -2.51. The van der Waals surface area contributed by atoms with Crippen LogP contribution in [0.2, 0.25) is 0 Å². The molecule has 17 nitrogen and oxygen atoms in total. The lowest BCUT2D eigenvalue weighted by Gasteiger charge is -2.30. The van der Waals surface area contributed by atoms with Crippen molar-refractivity contribution in [1.82, 2.24) is 49.9 Å². The molecule has 4 aliphatic rings. The van der Waals surface area contributed by atoms with E-state index in [2.05, 4.69) is 31.2 Å². The summed E-state index contributed by atoms with van der Waals surface area (Å²) in [5, 5.41) is 7.36. The van der Waals surface area contributed by atoms with Crippen molar-refractivity contribution in [3.63, 3.8) is 0 Å². The Labute approximate surface area is 408 Å². The molecule has 4 amide bonds. The minimum Gasteiger partial charge on any atom is -0.464 e. The summed E-state index contributed by atoms with van der Waals surface area (Å²) in [5.74, 6) is 0.824. The van der Waals surface area contributed by atoms with E-state index in [1.54, 1.807) is 33.5 Å². The number of rotatable bonds is 12. The molecule has 3 unspecified atom stereocenters. The van der Waals surface area contributed by atoms with Gasteiger partial charge < -0.3 is 44.6 Å². The summed E-state index contributed by atoms with van der Waals surface area (Å²) in [6.45, 7) is 8.57. The quantitative estimate of drug-likeness (QED) is 0.0916. The SMILES string of the molecule is COC(=O)NC(C(=O)N1CCC[C@H]1c1ncc(-c2cc(F)c3c(c2)OC(c2cnc(C4CCCC4)s2)n2c-3cc3cc(-c4cnc([C@@H]5CCCN5C(=O)C(NC(=O)OC)C(C)C)[nH]4)ccc32)[nH]1)C(C)C. The molecule has 2 saturated heterocycles. The summed E-state index contributed by atoms with van der Waals surface area (Å²) >= 11 is 1.65. The van der Waals surface area contributed by atoms with Crippen molar-refractivity contribution in [3.8, 4) is 39.5 Å². The molecule has 1 aliphatic carbocycles. The van der Waals surface area contributed by atoms with Crippen molar-refractivity contribution < 1.29 is 37.8 Å². The predicted molar refractivity (Wildman–Crippen MR) is 260 cm³/mol. The van der Waals surface area contributed by atoms with Crippen LogP contribution in [0.3, 0.4) is 0 Å². The number of hydrogen-bond acceptors (Lipinski definition) is 11. The standard InChI is InChI=1S/C51H59FN10O7S/c1-26(2)42(58-50(65)67-5)47(63)60-17-9-13-36(60)44-53-23-33(56-44)29-15-16-35-31(19-29)21-38-41-32(52)20-30(22-39(41)69-49(62(35)38)40-25-55-46(70-40)28-11-7-8-12-28)34-24-54-45(57-34)37-14-10-18-61(37)48(64)43(27(3)4)59-51(66)68-6/h15-16,19-28,36-37,42-43,49H,7-14,17-18H2,1-6H3,(H,53,56)(H,54,57)(H,58,65)(H,59,66)/t36-,37-,42?,43?,49?/m0/s1. The van der Waals surface area contributed by atoms with Crippen LogP contribution in [0.1, 0.15) is 125 Å². The molecule has 1 saturated carbocycles. The van der Waals surface area contributed by atoms with Crippen molar-refractivity contribution in [2.24, 2.45) is 11.8 Å². The smallest absolute Gasteiger partial charge is 0.407 e. The molecule has 3 aliphatic heterocycles. The third kappa shape index (κ3) is 8.65. The van der Waals surface area contributed by atoms with Gasteiger partial charge in [-0.05, 0) is 80.7 Å². The fourth-order valence-corrected chi connectivity index (χ4v) is 11.9. The summed E-state index contributed by atoms with van der Waals surface area (Å²) in [7, 11) is 2.55. The summed E-state index contributed by atoms with van der Waals surface area (Å²) in [6.07, 6.45) is 10.9. The van der Waals surface area contributed by atoms with E-state index in [0.29, 0.717) is 65.3 Å². The lowest BCUT2D eigenvalue weighted by molar-refractivity contribution is -0.136. The molecule has 0 radical (unpaired) electrons. The van der Waals surface area contributed by atoms with Crippen LogP contribution in [-0.2, 0) is 19.1 Å². The maximum atomic E-state index is 17.0. The highest BCUT2D eigenvalue weighted by atomic mass is 32.1. The van der Waals surface area contributed by atoms with Crippen LogP contribution < -0.4 is 15.4 Å². The summed E-state index contributed by atoms with van der Waals surface area (Å²) in [5.41, 5.74) is 4.59. The number of carbonyl (C=O) groups excluding carboxylic acids is 4. The van der Waals surface area contributed by atoms with Gasteiger partial charge in [0.1, 0.15) is 35.3 Å². The highest BCUT2D eigenvalue weighted by molar-refractivity contribution is 7.11. The topological polar surface area (TPSA) is 202 Å². The molecular weight excluding hydrogens is 916 g/mol. The van der Waals surface area contributed by atoms with Gasteiger partial charge in [0.2, 0.25) is 18.0 Å². The number of alkyl carbamates (subject to hydrolysis) is 2. The first-order valence-corrected chi connectivity index (χ1v) is 25.1. The monoisotopic (exact) mass is 974 g/mol. The number of imidazole rings is 2. The molecule has 0 spiro atoms. The Balaban J connectivity index is 0.973. The number of methoxy groups -OCH3 is 2. The number of aromatic amines is 2. The van der Waals surface area contributed by atoms with Gasteiger partial charge in [-0.25, -0.2) is 28.9 Å². The van der Waals surface area contributed by atoms with E-state index in [1.165, 1.54) is 33.1 Å². The maximum Gasteiger partial charge on any atom is 0.407 e. The van der Waals surface area contributed by atoms with Gasteiger partial charge in [0.15, 0.2) is 0 Å². The summed E-state index contributed by atoms with van der Waals surface area (Å²) in [6, 6.07) is 9.26. The summed E-state index contributed by atoms with van der Waals surface area (Å²) in [4.78, 5) is 77.7. The number of nitrogens with zero attached hydrogens (tertiary/aromatic N) is 6. The Kier molecular flexibility index (Phi) is 12.9. The number of nitrogens with one attached hydrogen (secondary N) is 4. The van der Waals surface area contributed by atoms with E-state index < -0.39 is 36.3 Å². The number of thiazole rings is 1. The first-order valence-electron chi connectivity index (χ1n) is 24.3. The van der Waals surface area contributed by atoms with E-state index in [-0.39, 0.29) is 35.7 Å². The Morgan fingerprint density at radius 3 is 1.90 bits per heavy atom. The van der Waals surface area contributed by atoms with E-state index in [4.69, 9.17) is 29.2 Å².